The van der Waals surface area contributed by atoms with E-state index in [1.807, 2.05) is 0 Å². The summed E-state index contributed by atoms with van der Waals surface area (Å²) in [5.74, 6) is -0.452. The van der Waals surface area contributed by atoms with Crippen LogP contribution in [0.25, 0.3) is 0 Å². The first-order valence-corrected chi connectivity index (χ1v) is 7.82. The molecular weight excluding hydrogens is 280 g/mol. The van der Waals surface area contributed by atoms with E-state index in [1.54, 1.807) is 4.90 Å². The smallest absolute Gasteiger partial charge is 0.303 e. The minimum atomic E-state index is -0.919. The number of carboxylic acid groups (broad SMARTS) is 1. The van der Waals surface area contributed by atoms with Crippen LogP contribution in [0.5, 0.6) is 0 Å². The number of amides is 1. The van der Waals surface area contributed by atoms with Gasteiger partial charge in [0.1, 0.15) is 0 Å². The molecule has 2 rings (SSSR count). The fourth-order valence-electron chi connectivity index (χ4n) is 2.66. The van der Waals surface area contributed by atoms with Crippen LogP contribution >= 0.6 is 0 Å². The van der Waals surface area contributed by atoms with Gasteiger partial charge in [-0.1, -0.05) is 26.0 Å². The highest BCUT2D eigenvalue weighted by molar-refractivity contribution is 5.81. The number of hydrogen-bond acceptors (Lipinski definition) is 3. The molecule has 0 aliphatic carbocycles. The van der Waals surface area contributed by atoms with Gasteiger partial charge in [0.05, 0.1) is 6.42 Å². The van der Waals surface area contributed by atoms with E-state index in [0.717, 1.165) is 13.1 Å². The number of nitrogens with zero attached hydrogens (tertiary/aromatic N) is 2. The first-order chi connectivity index (χ1) is 10.5. The van der Waals surface area contributed by atoms with Gasteiger partial charge in [-0.2, -0.15) is 0 Å². The number of piperazine rings is 1. The predicted octanol–water partition coefficient (Wildman–Crippen LogP) is 2.32. The maximum atomic E-state index is 11.9. The topological polar surface area (TPSA) is 60.9 Å². The van der Waals surface area contributed by atoms with Crippen LogP contribution in [-0.4, -0.2) is 48.1 Å². The number of hydrogen-bond donors (Lipinski definition) is 1. The van der Waals surface area contributed by atoms with Gasteiger partial charge in [-0.05, 0) is 23.6 Å². The summed E-state index contributed by atoms with van der Waals surface area (Å²) in [5, 5.41) is 8.63. The average Bonchev–Trinajstić information content (AvgIpc) is 2.53. The molecule has 0 spiro atoms. The Bertz CT molecular complexity index is 517. The Balaban J connectivity index is 1.86. The van der Waals surface area contributed by atoms with Crippen molar-refractivity contribution in [1.29, 1.82) is 0 Å². The molecule has 0 aromatic heterocycles. The minimum Gasteiger partial charge on any atom is -0.481 e. The van der Waals surface area contributed by atoms with Crippen molar-refractivity contribution in [2.75, 3.05) is 31.1 Å². The Hall–Kier alpha value is -2.04. The summed E-state index contributed by atoms with van der Waals surface area (Å²) in [6.45, 7) is 7.25. The average molecular weight is 304 g/mol. The van der Waals surface area contributed by atoms with Gasteiger partial charge in [-0.3, -0.25) is 9.59 Å². The molecule has 1 saturated heterocycles. The van der Waals surface area contributed by atoms with E-state index in [9.17, 15) is 9.59 Å². The second-order valence-corrected chi connectivity index (χ2v) is 6.01. The minimum absolute atomic E-state index is 0.0581. The highest BCUT2D eigenvalue weighted by Gasteiger charge is 2.21. The largest absolute Gasteiger partial charge is 0.481 e. The number of benzene rings is 1. The molecule has 0 atom stereocenters. The lowest BCUT2D eigenvalue weighted by Gasteiger charge is -2.36. The van der Waals surface area contributed by atoms with Gasteiger partial charge in [0, 0.05) is 38.3 Å². The molecule has 1 fully saturated rings. The molecule has 1 amide bonds. The van der Waals surface area contributed by atoms with Crippen molar-refractivity contribution >= 4 is 17.6 Å². The summed E-state index contributed by atoms with van der Waals surface area (Å²) in [6.07, 6.45) is 0.00807. The zero-order valence-electron chi connectivity index (χ0n) is 13.3. The Morgan fingerprint density at radius 3 is 2.14 bits per heavy atom. The lowest BCUT2D eigenvalue weighted by atomic mass is 10.0. The van der Waals surface area contributed by atoms with Crippen LogP contribution in [0.1, 0.15) is 38.2 Å². The Morgan fingerprint density at radius 1 is 1.05 bits per heavy atom. The van der Waals surface area contributed by atoms with Crippen molar-refractivity contribution in [1.82, 2.24) is 4.90 Å². The maximum absolute atomic E-state index is 11.9. The summed E-state index contributed by atoms with van der Waals surface area (Å²) < 4.78 is 0. The quantitative estimate of drug-likeness (QED) is 0.907. The molecule has 1 aliphatic rings. The molecule has 5 heteroatoms. The van der Waals surface area contributed by atoms with Gasteiger partial charge >= 0.3 is 5.97 Å². The summed E-state index contributed by atoms with van der Waals surface area (Å²) >= 11 is 0. The van der Waals surface area contributed by atoms with Crippen molar-refractivity contribution in [2.45, 2.75) is 32.6 Å². The van der Waals surface area contributed by atoms with Crippen LogP contribution in [0.3, 0.4) is 0 Å². The highest BCUT2D eigenvalue weighted by Crippen LogP contribution is 2.21. The van der Waals surface area contributed by atoms with Gasteiger partial charge in [0.15, 0.2) is 0 Å². The number of carboxylic acids is 1. The van der Waals surface area contributed by atoms with Crippen molar-refractivity contribution in [3.8, 4) is 0 Å². The molecule has 5 nitrogen and oxygen atoms in total. The normalized spacial score (nSPS) is 15.2. The second-order valence-electron chi connectivity index (χ2n) is 6.01. The third kappa shape index (κ3) is 4.23. The van der Waals surface area contributed by atoms with Crippen molar-refractivity contribution in [2.24, 2.45) is 0 Å². The van der Waals surface area contributed by atoms with Crippen LogP contribution in [0.2, 0.25) is 0 Å². The van der Waals surface area contributed by atoms with E-state index in [4.69, 9.17) is 5.11 Å². The first-order valence-electron chi connectivity index (χ1n) is 7.82. The Morgan fingerprint density at radius 2 is 1.64 bits per heavy atom. The summed E-state index contributed by atoms with van der Waals surface area (Å²) in [5.41, 5.74) is 2.51. The van der Waals surface area contributed by atoms with Gasteiger partial charge < -0.3 is 14.9 Å². The zero-order valence-corrected chi connectivity index (χ0v) is 13.3. The number of anilines is 1. The Labute approximate surface area is 131 Å². The van der Waals surface area contributed by atoms with E-state index in [-0.39, 0.29) is 18.7 Å². The van der Waals surface area contributed by atoms with E-state index >= 15 is 0 Å². The molecule has 1 aromatic carbocycles. The van der Waals surface area contributed by atoms with Crippen LogP contribution < -0.4 is 4.90 Å². The summed E-state index contributed by atoms with van der Waals surface area (Å²) in [6, 6.07) is 8.59. The monoisotopic (exact) mass is 304 g/mol. The van der Waals surface area contributed by atoms with Crippen molar-refractivity contribution in [3.63, 3.8) is 0 Å². The lowest BCUT2D eigenvalue weighted by molar-refractivity contribution is -0.141. The molecule has 0 unspecified atom stereocenters. The predicted molar refractivity (Wildman–Crippen MR) is 86.2 cm³/mol. The number of carbonyl (C=O) groups excluding carboxylic acids is 1. The van der Waals surface area contributed by atoms with E-state index in [2.05, 4.69) is 43.0 Å². The van der Waals surface area contributed by atoms with Crippen LogP contribution in [0, 0.1) is 0 Å². The maximum Gasteiger partial charge on any atom is 0.303 e. The SMILES string of the molecule is CC(C)c1ccc(N2CCN(C(=O)CCC(=O)O)CC2)cc1. The van der Waals surface area contributed by atoms with Gasteiger partial charge in [0.25, 0.3) is 0 Å². The third-order valence-corrected chi connectivity index (χ3v) is 4.11. The number of carbonyl (C=O) groups is 2. The highest BCUT2D eigenvalue weighted by atomic mass is 16.4. The van der Waals surface area contributed by atoms with Crippen molar-refractivity contribution in [3.05, 3.63) is 29.8 Å². The zero-order chi connectivity index (χ0) is 16.1. The summed E-state index contributed by atoms with van der Waals surface area (Å²) in [7, 11) is 0. The molecule has 0 radical (unpaired) electrons. The first kappa shape index (κ1) is 16.3. The Kier molecular flexibility index (Phi) is 5.41. The second kappa shape index (κ2) is 7.29. The summed E-state index contributed by atoms with van der Waals surface area (Å²) in [4.78, 5) is 26.5. The van der Waals surface area contributed by atoms with Crippen LogP contribution in [0.4, 0.5) is 5.69 Å². The molecule has 120 valence electrons. The van der Waals surface area contributed by atoms with E-state index in [0.29, 0.717) is 19.0 Å². The van der Waals surface area contributed by atoms with Crippen LogP contribution in [0.15, 0.2) is 24.3 Å². The van der Waals surface area contributed by atoms with E-state index in [1.165, 1.54) is 11.3 Å². The van der Waals surface area contributed by atoms with Gasteiger partial charge in [0.2, 0.25) is 5.91 Å². The van der Waals surface area contributed by atoms with Gasteiger partial charge in [-0.25, -0.2) is 0 Å². The van der Waals surface area contributed by atoms with Crippen LogP contribution in [-0.2, 0) is 9.59 Å². The molecule has 0 bridgehead atoms. The molecular formula is C17H24N2O3. The standard InChI is InChI=1S/C17H24N2O3/c1-13(2)14-3-5-15(6-4-14)18-9-11-19(12-10-18)16(20)7-8-17(21)22/h3-6,13H,7-12H2,1-2H3,(H,21,22). The van der Waals surface area contributed by atoms with Crippen molar-refractivity contribution < 1.29 is 14.7 Å². The fourth-order valence-corrected chi connectivity index (χ4v) is 2.66. The molecule has 1 aliphatic heterocycles. The number of aliphatic carboxylic acids is 1. The molecule has 1 N–H and O–H groups in total. The van der Waals surface area contributed by atoms with Gasteiger partial charge in [-0.15, -0.1) is 0 Å². The third-order valence-electron chi connectivity index (χ3n) is 4.11. The molecule has 1 heterocycles. The lowest BCUT2D eigenvalue weighted by Crippen LogP contribution is -2.48. The fraction of sp³-hybridized carbons (Fsp3) is 0.529. The molecule has 22 heavy (non-hydrogen) atoms. The molecule has 1 aromatic rings. The molecule has 0 saturated carbocycles. The van der Waals surface area contributed by atoms with E-state index < -0.39 is 5.97 Å². The number of rotatable bonds is 5.